The normalized spacial score (nSPS) is 10.1. The molecule has 0 saturated heterocycles. The van der Waals surface area contributed by atoms with Crippen molar-refractivity contribution < 1.29 is 4.79 Å². The fourth-order valence-corrected chi connectivity index (χ4v) is 1.33. The summed E-state index contributed by atoms with van der Waals surface area (Å²) in [4.78, 5) is 14.9. The molecule has 0 unspecified atom stereocenters. The Kier molecular flexibility index (Phi) is 2.84. The number of aryl methyl sites for hydroxylation is 1. The van der Waals surface area contributed by atoms with E-state index in [1.165, 1.54) is 0 Å². The van der Waals surface area contributed by atoms with Crippen molar-refractivity contribution in [3.63, 3.8) is 0 Å². The number of anilines is 2. The summed E-state index contributed by atoms with van der Waals surface area (Å²) in [6.07, 6.45) is 3.94. The predicted octanol–water partition coefficient (Wildman–Crippen LogP) is 1.07. The maximum Gasteiger partial charge on any atom is 0.223 e. The Morgan fingerprint density at radius 2 is 1.71 bits per heavy atom. The summed E-state index contributed by atoms with van der Waals surface area (Å²) >= 11 is 0. The van der Waals surface area contributed by atoms with E-state index < -0.39 is 0 Å². The van der Waals surface area contributed by atoms with Crippen LogP contribution in [0.3, 0.4) is 0 Å². The summed E-state index contributed by atoms with van der Waals surface area (Å²) < 4.78 is 1.95. The van der Waals surface area contributed by atoms with Crippen LogP contribution in [-0.4, -0.2) is 31.6 Å². The molecular weight excluding hydrogens is 178 g/mol. The smallest absolute Gasteiger partial charge is 0.223 e. The number of hydrogen-bond acceptors (Lipinski definition) is 2. The Morgan fingerprint density at radius 3 is 2.14 bits per heavy atom. The molecule has 0 atom stereocenters. The summed E-state index contributed by atoms with van der Waals surface area (Å²) in [5, 5.41) is 0. The van der Waals surface area contributed by atoms with E-state index in [0.717, 1.165) is 11.4 Å². The van der Waals surface area contributed by atoms with Gasteiger partial charge in [-0.15, -0.1) is 0 Å². The number of rotatable bonds is 2. The van der Waals surface area contributed by atoms with Crippen molar-refractivity contribution >= 4 is 17.3 Å². The fraction of sp³-hybridized carbons (Fsp3) is 0.500. The molecule has 0 fully saturated rings. The summed E-state index contributed by atoms with van der Waals surface area (Å²) in [6.45, 7) is 1.56. The van der Waals surface area contributed by atoms with Gasteiger partial charge in [0.25, 0.3) is 0 Å². The van der Waals surface area contributed by atoms with Crippen molar-refractivity contribution in [2.45, 2.75) is 6.92 Å². The standard InChI is InChI=1S/C10H17N3O/c1-8(14)13(5)10-7-12(4)6-9(10)11(2)3/h6-7H,1-5H3. The Bertz CT molecular complexity index is 341. The fourth-order valence-electron chi connectivity index (χ4n) is 1.33. The first-order valence-electron chi connectivity index (χ1n) is 4.51. The molecule has 0 saturated carbocycles. The number of amides is 1. The zero-order valence-corrected chi connectivity index (χ0v) is 9.40. The summed E-state index contributed by atoms with van der Waals surface area (Å²) in [6, 6.07) is 0. The van der Waals surface area contributed by atoms with Gasteiger partial charge in [0.05, 0.1) is 11.4 Å². The monoisotopic (exact) mass is 195 g/mol. The van der Waals surface area contributed by atoms with Crippen LogP contribution < -0.4 is 9.80 Å². The van der Waals surface area contributed by atoms with Crippen LogP contribution in [0.2, 0.25) is 0 Å². The third kappa shape index (κ3) is 1.89. The van der Waals surface area contributed by atoms with Crippen LogP contribution in [0.4, 0.5) is 11.4 Å². The van der Waals surface area contributed by atoms with Gasteiger partial charge in [-0.3, -0.25) is 4.79 Å². The Labute approximate surface area is 84.7 Å². The molecule has 0 aromatic carbocycles. The van der Waals surface area contributed by atoms with Gasteiger partial charge in [-0.05, 0) is 0 Å². The zero-order chi connectivity index (χ0) is 10.9. The molecule has 1 aromatic rings. The predicted molar refractivity (Wildman–Crippen MR) is 58.8 cm³/mol. The van der Waals surface area contributed by atoms with Crippen molar-refractivity contribution in [3.8, 4) is 0 Å². The highest BCUT2D eigenvalue weighted by atomic mass is 16.2. The average Bonchev–Trinajstić information content (AvgIpc) is 2.45. The van der Waals surface area contributed by atoms with Crippen molar-refractivity contribution in [1.29, 1.82) is 0 Å². The van der Waals surface area contributed by atoms with Gasteiger partial charge in [0, 0.05) is 47.5 Å². The molecule has 0 radical (unpaired) electrons. The molecule has 4 heteroatoms. The van der Waals surface area contributed by atoms with E-state index in [2.05, 4.69) is 0 Å². The third-order valence-electron chi connectivity index (χ3n) is 2.23. The highest BCUT2D eigenvalue weighted by Crippen LogP contribution is 2.27. The Hall–Kier alpha value is -1.45. The molecule has 78 valence electrons. The molecule has 1 heterocycles. The molecule has 4 nitrogen and oxygen atoms in total. The Morgan fingerprint density at radius 1 is 1.21 bits per heavy atom. The topological polar surface area (TPSA) is 28.5 Å². The van der Waals surface area contributed by atoms with Gasteiger partial charge in [0.15, 0.2) is 0 Å². The van der Waals surface area contributed by atoms with Gasteiger partial charge in [0.1, 0.15) is 0 Å². The minimum Gasteiger partial charge on any atom is -0.375 e. The van der Waals surface area contributed by atoms with Crippen LogP contribution in [0.25, 0.3) is 0 Å². The van der Waals surface area contributed by atoms with E-state index >= 15 is 0 Å². The molecule has 1 amide bonds. The summed E-state index contributed by atoms with van der Waals surface area (Å²) in [7, 11) is 7.66. The summed E-state index contributed by atoms with van der Waals surface area (Å²) in [5.74, 6) is 0.0410. The van der Waals surface area contributed by atoms with Crippen molar-refractivity contribution in [2.75, 3.05) is 30.9 Å². The molecule has 1 aromatic heterocycles. The van der Waals surface area contributed by atoms with E-state index in [1.54, 1.807) is 18.9 Å². The second-order valence-electron chi connectivity index (χ2n) is 3.67. The van der Waals surface area contributed by atoms with Gasteiger partial charge in [-0.1, -0.05) is 0 Å². The maximum absolute atomic E-state index is 11.2. The number of carbonyl (C=O) groups is 1. The van der Waals surface area contributed by atoms with Crippen LogP contribution in [-0.2, 0) is 11.8 Å². The van der Waals surface area contributed by atoms with E-state index in [0.29, 0.717) is 0 Å². The second kappa shape index (κ2) is 3.74. The number of aromatic nitrogens is 1. The third-order valence-corrected chi connectivity index (χ3v) is 2.23. The van der Waals surface area contributed by atoms with E-state index in [4.69, 9.17) is 0 Å². The maximum atomic E-state index is 11.2. The highest BCUT2D eigenvalue weighted by molar-refractivity contribution is 5.94. The Balaban J connectivity index is 3.12. The van der Waals surface area contributed by atoms with Gasteiger partial charge in [0.2, 0.25) is 5.91 Å². The van der Waals surface area contributed by atoms with Crippen LogP contribution in [0.1, 0.15) is 6.92 Å². The number of hydrogen-bond donors (Lipinski definition) is 0. The van der Waals surface area contributed by atoms with Crippen molar-refractivity contribution in [1.82, 2.24) is 4.57 Å². The molecule has 0 bridgehead atoms. The van der Waals surface area contributed by atoms with Gasteiger partial charge < -0.3 is 14.4 Å². The molecule has 0 aliphatic rings. The first kappa shape index (κ1) is 10.6. The molecule has 14 heavy (non-hydrogen) atoms. The summed E-state index contributed by atoms with van der Waals surface area (Å²) in [5.41, 5.74) is 1.98. The number of nitrogens with zero attached hydrogens (tertiary/aromatic N) is 3. The quantitative estimate of drug-likeness (QED) is 0.706. The van der Waals surface area contributed by atoms with E-state index in [1.807, 2.05) is 43.0 Å². The van der Waals surface area contributed by atoms with Crippen LogP contribution in [0.5, 0.6) is 0 Å². The zero-order valence-electron chi connectivity index (χ0n) is 9.40. The highest BCUT2D eigenvalue weighted by Gasteiger charge is 2.13. The first-order valence-corrected chi connectivity index (χ1v) is 4.51. The minimum atomic E-state index is 0.0410. The lowest BCUT2D eigenvalue weighted by Gasteiger charge is -2.19. The molecule has 1 rings (SSSR count). The van der Waals surface area contributed by atoms with E-state index in [9.17, 15) is 4.79 Å². The minimum absolute atomic E-state index is 0.0410. The first-order chi connectivity index (χ1) is 6.43. The lowest BCUT2D eigenvalue weighted by Crippen LogP contribution is -2.24. The lowest BCUT2D eigenvalue weighted by atomic mass is 10.3. The van der Waals surface area contributed by atoms with Gasteiger partial charge >= 0.3 is 0 Å². The van der Waals surface area contributed by atoms with Gasteiger partial charge in [-0.25, -0.2) is 0 Å². The van der Waals surface area contributed by atoms with Crippen LogP contribution in [0, 0.1) is 0 Å². The largest absolute Gasteiger partial charge is 0.375 e. The van der Waals surface area contributed by atoms with Crippen LogP contribution >= 0.6 is 0 Å². The average molecular weight is 195 g/mol. The molecule has 0 aliphatic heterocycles. The molecule has 0 spiro atoms. The lowest BCUT2D eigenvalue weighted by molar-refractivity contribution is -0.116. The van der Waals surface area contributed by atoms with Crippen molar-refractivity contribution in [3.05, 3.63) is 12.4 Å². The van der Waals surface area contributed by atoms with Gasteiger partial charge in [-0.2, -0.15) is 0 Å². The molecule has 0 aliphatic carbocycles. The van der Waals surface area contributed by atoms with E-state index in [-0.39, 0.29) is 5.91 Å². The SMILES string of the molecule is CC(=O)N(C)c1cn(C)cc1N(C)C. The number of carbonyl (C=O) groups excluding carboxylic acids is 1. The second-order valence-corrected chi connectivity index (χ2v) is 3.67. The molecule has 0 N–H and O–H groups in total. The van der Waals surface area contributed by atoms with Crippen LogP contribution in [0.15, 0.2) is 12.4 Å². The van der Waals surface area contributed by atoms with Crippen molar-refractivity contribution in [2.24, 2.45) is 7.05 Å². The molecular formula is C10H17N3O.